The minimum absolute atomic E-state index is 0.250. The SMILES string of the molecule is Cn1c(CCN)c(Cl)c2cccc(F)c21. The van der Waals surface area contributed by atoms with E-state index in [9.17, 15) is 4.39 Å². The second-order valence-corrected chi connectivity index (χ2v) is 3.87. The second-order valence-electron chi connectivity index (χ2n) is 3.49. The quantitative estimate of drug-likeness (QED) is 0.838. The summed E-state index contributed by atoms with van der Waals surface area (Å²) in [6.45, 7) is 0.505. The lowest BCUT2D eigenvalue weighted by molar-refractivity contribution is 0.630. The fraction of sp³-hybridized carbons (Fsp3) is 0.273. The number of nitrogens with zero attached hydrogens (tertiary/aromatic N) is 1. The molecule has 1 aromatic carbocycles. The van der Waals surface area contributed by atoms with E-state index in [-0.39, 0.29) is 5.82 Å². The third-order valence-electron chi connectivity index (χ3n) is 2.60. The van der Waals surface area contributed by atoms with Crippen molar-refractivity contribution in [3.8, 4) is 0 Å². The van der Waals surface area contributed by atoms with Gasteiger partial charge in [-0.2, -0.15) is 0 Å². The monoisotopic (exact) mass is 226 g/mol. The molecule has 1 aromatic heterocycles. The number of fused-ring (bicyclic) bond motifs is 1. The van der Waals surface area contributed by atoms with E-state index >= 15 is 0 Å². The zero-order chi connectivity index (χ0) is 11.0. The Balaban J connectivity index is 2.79. The van der Waals surface area contributed by atoms with Crippen LogP contribution in [0.5, 0.6) is 0 Å². The summed E-state index contributed by atoms with van der Waals surface area (Å²) in [7, 11) is 1.81. The Morgan fingerprint density at radius 2 is 2.20 bits per heavy atom. The van der Waals surface area contributed by atoms with Crippen LogP contribution in [-0.2, 0) is 13.5 Å². The van der Waals surface area contributed by atoms with Gasteiger partial charge in [-0.05, 0) is 12.6 Å². The van der Waals surface area contributed by atoms with Crippen molar-refractivity contribution in [2.24, 2.45) is 12.8 Å². The molecule has 0 amide bonds. The highest BCUT2D eigenvalue weighted by molar-refractivity contribution is 6.36. The molecule has 4 heteroatoms. The molecule has 2 N–H and O–H groups in total. The largest absolute Gasteiger partial charge is 0.344 e. The Labute approximate surface area is 92.4 Å². The minimum atomic E-state index is -0.250. The third-order valence-corrected chi connectivity index (χ3v) is 3.02. The van der Waals surface area contributed by atoms with Gasteiger partial charge < -0.3 is 10.3 Å². The van der Waals surface area contributed by atoms with Crippen LogP contribution in [-0.4, -0.2) is 11.1 Å². The summed E-state index contributed by atoms with van der Waals surface area (Å²) < 4.78 is 15.3. The van der Waals surface area contributed by atoms with E-state index in [0.717, 1.165) is 11.1 Å². The first kappa shape index (κ1) is 10.5. The predicted octanol–water partition coefficient (Wildman–Crippen LogP) is 2.47. The van der Waals surface area contributed by atoms with Gasteiger partial charge in [0, 0.05) is 24.5 Å². The molecular weight excluding hydrogens is 215 g/mol. The van der Waals surface area contributed by atoms with E-state index in [1.807, 2.05) is 13.1 Å². The van der Waals surface area contributed by atoms with Crippen LogP contribution in [0, 0.1) is 5.82 Å². The molecule has 0 aliphatic carbocycles. The van der Waals surface area contributed by atoms with Crippen molar-refractivity contribution in [1.82, 2.24) is 4.57 Å². The molecule has 2 aromatic rings. The average molecular weight is 227 g/mol. The molecule has 0 aliphatic heterocycles. The maximum Gasteiger partial charge on any atom is 0.147 e. The van der Waals surface area contributed by atoms with E-state index in [0.29, 0.717) is 23.5 Å². The first-order chi connectivity index (χ1) is 7.16. The Bertz CT molecular complexity index is 505. The Morgan fingerprint density at radius 3 is 2.80 bits per heavy atom. The van der Waals surface area contributed by atoms with Crippen molar-refractivity contribution < 1.29 is 4.39 Å². The van der Waals surface area contributed by atoms with Crippen molar-refractivity contribution in [2.45, 2.75) is 6.42 Å². The van der Waals surface area contributed by atoms with Crippen molar-refractivity contribution in [1.29, 1.82) is 0 Å². The van der Waals surface area contributed by atoms with Crippen molar-refractivity contribution >= 4 is 22.5 Å². The van der Waals surface area contributed by atoms with Crippen LogP contribution in [0.3, 0.4) is 0 Å². The summed E-state index contributed by atoms with van der Waals surface area (Å²) in [4.78, 5) is 0. The molecule has 0 fully saturated rings. The number of halogens is 2. The summed E-state index contributed by atoms with van der Waals surface area (Å²) in [5.74, 6) is -0.250. The van der Waals surface area contributed by atoms with Crippen LogP contribution in [0.2, 0.25) is 5.02 Å². The maximum absolute atomic E-state index is 13.6. The fourth-order valence-corrected chi connectivity index (χ4v) is 2.26. The topological polar surface area (TPSA) is 30.9 Å². The van der Waals surface area contributed by atoms with Crippen molar-refractivity contribution in [2.75, 3.05) is 6.54 Å². The lowest BCUT2D eigenvalue weighted by Crippen LogP contribution is -2.07. The smallest absolute Gasteiger partial charge is 0.147 e. The van der Waals surface area contributed by atoms with E-state index in [1.165, 1.54) is 6.07 Å². The van der Waals surface area contributed by atoms with Crippen LogP contribution < -0.4 is 5.73 Å². The Hall–Kier alpha value is -1.06. The summed E-state index contributed by atoms with van der Waals surface area (Å²) in [6.07, 6.45) is 0.656. The van der Waals surface area contributed by atoms with Gasteiger partial charge in [-0.25, -0.2) is 4.39 Å². The predicted molar refractivity (Wildman–Crippen MR) is 60.6 cm³/mol. The molecule has 1 heterocycles. The van der Waals surface area contributed by atoms with Gasteiger partial charge in [0.05, 0.1) is 10.5 Å². The highest BCUT2D eigenvalue weighted by Crippen LogP contribution is 2.31. The minimum Gasteiger partial charge on any atom is -0.344 e. The lowest BCUT2D eigenvalue weighted by Gasteiger charge is -2.02. The first-order valence-electron chi connectivity index (χ1n) is 4.78. The Kier molecular flexibility index (Phi) is 2.67. The number of rotatable bonds is 2. The number of para-hydroxylation sites is 1. The number of benzene rings is 1. The molecule has 0 spiro atoms. The maximum atomic E-state index is 13.6. The summed E-state index contributed by atoms with van der Waals surface area (Å²) in [5.41, 5.74) is 6.93. The molecule has 2 nitrogen and oxygen atoms in total. The summed E-state index contributed by atoms with van der Waals surface area (Å²) >= 11 is 6.17. The van der Waals surface area contributed by atoms with Crippen LogP contribution in [0.1, 0.15) is 5.69 Å². The first-order valence-corrected chi connectivity index (χ1v) is 5.16. The number of aryl methyl sites for hydroxylation is 1. The van der Waals surface area contributed by atoms with Gasteiger partial charge in [0.1, 0.15) is 5.82 Å². The van der Waals surface area contributed by atoms with Crippen LogP contribution in [0.15, 0.2) is 18.2 Å². The Morgan fingerprint density at radius 1 is 1.47 bits per heavy atom. The lowest BCUT2D eigenvalue weighted by atomic mass is 10.2. The van der Waals surface area contributed by atoms with Gasteiger partial charge in [-0.1, -0.05) is 23.7 Å². The van der Waals surface area contributed by atoms with Crippen molar-refractivity contribution in [3.63, 3.8) is 0 Å². The van der Waals surface area contributed by atoms with Gasteiger partial charge in [0.25, 0.3) is 0 Å². The molecule has 0 bridgehead atoms. The average Bonchev–Trinajstić information content (AvgIpc) is 2.45. The van der Waals surface area contributed by atoms with Gasteiger partial charge in [-0.15, -0.1) is 0 Å². The molecule has 0 unspecified atom stereocenters. The molecule has 80 valence electrons. The number of aromatic nitrogens is 1. The van der Waals surface area contributed by atoms with Gasteiger partial charge >= 0.3 is 0 Å². The molecule has 2 rings (SSSR count). The third kappa shape index (κ3) is 1.52. The molecule has 0 saturated carbocycles. The molecule has 0 aliphatic rings. The number of hydrogen-bond acceptors (Lipinski definition) is 1. The fourth-order valence-electron chi connectivity index (χ4n) is 1.89. The number of nitrogens with two attached hydrogens (primary N) is 1. The van der Waals surface area contributed by atoms with E-state index in [2.05, 4.69) is 0 Å². The zero-order valence-corrected chi connectivity index (χ0v) is 9.18. The highest BCUT2D eigenvalue weighted by Gasteiger charge is 2.14. The van der Waals surface area contributed by atoms with Gasteiger partial charge in [0.15, 0.2) is 0 Å². The molecular formula is C11H12ClFN2. The molecule has 0 radical (unpaired) electrons. The van der Waals surface area contributed by atoms with E-state index in [4.69, 9.17) is 17.3 Å². The van der Waals surface area contributed by atoms with Gasteiger partial charge in [-0.3, -0.25) is 0 Å². The van der Waals surface area contributed by atoms with E-state index < -0.39 is 0 Å². The zero-order valence-electron chi connectivity index (χ0n) is 8.43. The summed E-state index contributed by atoms with van der Waals surface area (Å²) in [5, 5.41) is 1.36. The summed E-state index contributed by atoms with van der Waals surface area (Å²) in [6, 6.07) is 4.92. The second kappa shape index (κ2) is 3.83. The van der Waals surface area contributed by atoms with Crippen LogP contribution in [0.4, 0.5) is 4.39 Å². The van der Waals surface area contributed by atoms with E-state index in [1.54, 1.807) is 10.6 Å². The molecule has 0 saturated heterocycles. The standard InChI is InChI=1S/C11H12ClFN2/c1-15-9(5-6-14)10(12)7-3-2-4-8(13)11(7)15/h2-4H,5-6,14H2,1H3. The van der Waals surface area contributed by atoms with Crippen LogP contribution in [0.25, 0.3) is 10.9 Å². The molecule has 15 heavy (non-hydrogen) atoms. The molecule has 0 atom stereocenters. The van der Waals surface area contributed by atoms with Crippen LogP contribution >= 0.6 is 11.6 Å². The van der Waals surface area contributed by atoms with Gasteiger partial charge in [0.2, 0.25) is 0 Å². The normalized spacial score (nSPS) is 11.2. The highest BCUT2D eigenvalue weighted by atomic mass is 35.5. The van der Waals surface area contributed by atoms with Crippen molar-refractivity contribution in [3.05, 3.63) is 34.7 Å². The number of hydrogen-bond donors (Lipinski definition) is 1.